The van der Waals surface area contributed by atoms with Crippen molar-refractivity contribution in [3.8, 4) is 34.1 Å². The maximum Gasteiger partial charge on any atom is 0.251 e. The van der Waals surface area contributed by atoms with Crippen molar-refractivity contribution in [2.24, 2.45) is 0 Å². The summed E-state index contributed by atoms with van der Waals surface area (Å²) >= 11 is 0. The molecule has 0 radical (unpaired) electrons. The van der Waals surface area contributed by atoms with Crippen LogP contribution in [0, 0.1) is 0 Å². The lowest BCUT2D eigenvalue weighted by molar-refractivity contribution is 0.0937. The summed E-state index contributed by atoms with van der Waals surface area (Å²) in [5.41, 5.74) is 4.05. The van der Waals surface area contributed by atoms with Gasteiger partial charge in [-0.3, -0.25) is 4.79 Å². The Hall–Kier alpha value is -3.91. The Balaban J connectivity index is 1.69. The highest BCUT2D eigenvalue weighted by atomic mass is 16.5. The van der Waals surface area contributed by atoms with Crippen molar-refractivity contribution < 1.29 is 19.4 Å². The zero-order valence-electron chi connectivity index (χ0n) is 17.2. The average Bonchev–Trinajstić information content (AvgIpc) is 3.22. The minimum absolute atomic E-state index is 0.0863. The second-order valence-electron chi connectivity index (χ2n) is 6.86. The zero-order valence-corrected chi connectivity index (χ0v) is 17.2. The summed E-state index contributed by atoms with van der Waals surface area (Å²) in [6.45, 7) is 0.871. The number of H-pyrrole nitrogens is 1. The van der Waals surface area contributed by atoms with Crippen molar-refractivity contribution in [1.29, 1.82) is 0 Å². The zero-order chi connectivity index (χ0) is 21.8. The normalized spacial score (nSPS) is 10.9. The summed E-state index contributed by atoms with van der Waals surface area (Å²) in [6.07, 6.45) is 1.66. The number of hydrogen-bond donors (Lipinski definition) is 3. The molecule has 8 heteroatoms. The molecular formula is C23H22N4O4. The number of aromatic hydroxyl groups is 1. The van der Waals surface area contributed by atoms with Crippen LogP contribution in [0.3, 0.4) is 0 Å². The summed E-state index contributed by atoms with van der Waals surface area (Å²) in [5, 5.41) is 13.3. The van der Waals surface area contributed by atoms with Crippen molar-refractivity contribution in [1.82, 2.24) is 20.3 Å². The smallest absolute Gasteiger partial charge is 0.251 e. The second-order valence-corrected chi connectivity index (χ2v) is 6.86. The first-order valence-electron chi connectivity index (χ1n) is 9.70. The van der Waals surface area contributed by atoms with Gasteiger partial charge in [0.1, 0.15) is 11.6 Å². The first-order chi connectivity index (χ1) is 15.1. The van der Waals surface area contributed by atoms with Crippen LogP contribution in [0.2, 0.25) is 0 Å². The quantitative estimate of drug-likeness (QED) is 0.397. The van der Waals surface area contributed by atoms with Crippen molar-refractivity contribution in [3.05, 3.63) is 60.3 Å². The predicted molar refractivity (Wildman–Crippen MR) is 117 cm³/mol. The summed E-state index contributed by atoms with van der Waals surface area (Å²) in [5.74, 6) is 0.877. The lowest BCUT2D eigenvalue weighted by atomic mass is 10.0. The Kier molecular flexibility index (Phi) is 5.81. The van der Waals surface area contributed by atoms with E-state index in [1.54, 1.807) is 50.7 Å². The van der Waals surface area contributed by atoms with E-state index in [-0.39, 0.29) is 11.7 Å². The Morgan fingerprint density at radius 3 is 2.81 bits per heavy atom. The minimum atomic E-state index is -0.197. The lowest BCUT2D eigenvalue weighted by Gasteiger charge is -2.09. The second kappa shape index (κ2) is 8.85. The van der Waals surface area contributed by atoms with Gasteiger partial charge in [0.2, 0.25) is 5.88 Å². The van der Waals surface area contributed by atoms with Gasteiger partial charge >= 0.3 is 0 Å². The highest BCUT2D eigenvalue weighted by Gasteiger charge is 2.15. The molecule has 2 aromatic carbocycles. The van der Waals surface area contributed by atoms with Crippen LogP contribution >= 0.6 is 0 Å². The fourth-order valence-corrected chi connectivity index (χ4v) is 3.31. The number of amides is 1. The number of aromatic amines is 1. The summed E-state index contributed by atoms with van der Waals surface area (Å²) in [6, 6.07) is 14.2. The van der Waals surface area contributed by atoms with Crippen LogP contribution in [-0.4, -0.2) is 53.3 Å². The van der Waals surface area contributed by atoms with Crippen LogP contribution in [0.1, 0.15) is 10.4 Å². The van der Waals surface area contributed by atoms with Gasteiger partial charge in [0.15, 0.2) is 0 Å². The fourth-order valence-electron chi connectivity index (χ4n) is 3.31. The summed E-state index contributed by atoms with van der Waals surface area (Å²) in [4.78, 5) is 24.3. The third kappa shape index (κ3) is 4.19. The first kappa shape index (κ1) is 20.4. The van der Waals surface area contributed by atoms with Crippen molar-refractivity contribution in [2.75, 3.05) is 27.4 Å². The number of phenolic OH excluding ortho intramolecular Hbond substituents is 1. The summed E-state index contributed by atoms with van der Waals surface area (Å²) < 4.78 is 10.3. The Morgan fingerprint density at radius 2 is 2.00 bits per heavy atom. The molecule has 3 N–H and O–H groups in total. The SMILES string of the molecule is COCCNC(=O)c1ccc2[nH]c(-c3cc(-c4cccnc4OC)ccc3O)nc2c1. The number of carbonyl (C=O) groups is 1. The van der Waals surface area contributed by atoms with Gasteiger partial charge in [0.25, 0.3) is 5.91 Å². The van der Waals surface area contributed by atoms with Crippen LogP contribution in [0.25, 0.3) is 33.5 Å². The van der Waals surface area contributed by atoms with E-state index in [0.717, 1.165) is 16.6 Å². The van der Waals surface area contributed by atoms with Gasteiger partial charge in [-0.25, -0.2) is 9.97 Å². The number of ether oxygens (including phenoxy) is 2. The molecule has 0 spiro atoms. The molecule has 0 fully saturated rings. The highest BCUT2D eigenvalue weighted by Crippen LogP contribution is 2.35. The molecule has 1 amide bonds. The number of nitrogens with zero attached hydrogens (tertiary/aromatic N) is 2. The third-order valence-corrected chi connectivity index (χ3v) is 4.86. The molecule has 158 valence electrons. The van der Waals surface area contributed by atoms with E-state index < -0.39 is 0 Å². The number of fused-ring (bicyclic) bond motifs is 1. The van der Waals surface area contributed by atoms with E-state index in [0.29, 0.717) is 41.5 Å². The number of imidazole rings is 1. The third-order valence-electron chi connectivity index (χ3n) is 4.86. The molecule has 0 bridgehead atoms. The van der Waals surface area contributed by atoms with Gasteiger partial charge in [-0.2, -0.15) is 0 Å². The standard InChI is InChI=1S/C23H22N4O4/c1-30-11-10-24-22(29)15-5-7-18-19(13-15)27-21(26-18)17-12-14(6-8-20(17)28)16-4-3-9-25-23(16)31-2/h3-9,12-13,28H,10-11H2,1-2H3,(H,24,29)(H,26,27). The number of carbonyl (C=O) groups excluding carboxylic acids is 1. The molecule has 0 saturated heterocycles. The maximum absolute atomic E-state index is 12.3. The van der Waals surface area contributed by atoms with Crippen LogP contribution in [0.4, 0.5) is 0 Å². The fraction of sp³-hybridized carbons (Fsp3) is 0.174. The largest absolute Gasteiger partial charge is 0.507 e. The molecule has 2 aromatic heterocycles. The molecular weight excluding hydrogens is 396 g/mol. The molecule has 0 saturated carbocycles. The predicted octanol–water partition coefficient (Wildman–Crippen LogP) is 3.38. The van der Waals surface area contributed by atoms with E-state index in [2.05, 4.69) is 20.3 Å². The van der Waals surface area contributed by atoms with Crippen LogP contribution in [0.5, 0.6) is 11.6 Å². The lowest BCUT2D eigenvalue weighted by Crippen LogP contribution is -2.26. The topological polar surface area (TPSA) is 109 Å². The number of rotatable bonds is 7. The van der Waals surface area contributed by atoms with E-state index in [1.165, 1.54) is 0 Å². The molecule has 31 heavy (non-hydrogen) atoms. The molecule has 0 atom stereocenters. The van der Waals surface area contributed by atoms with Gasteiger partial charge in [-0.05, 0) is 48.0 Å². The Labute approximate surface area is 178 Å². The van der Waals surface area contributed by atoms with Crippen LogP contribution < -0.4 is 10.1 Å². The number of hydrogen-bond acceptors (Lipinski definition) is 6. The highest BCUT2D eigenvalue weighted by molar-refractivity contribution is 5.97. The molecule has 0 aliphatic heterocycles. The van der Waals surface area contributed by atoms with Gasteiger partial charge in [0.05, 0.1) is 30.3 Å². The molecule has 0 aliphatic rings. The van der Waals surface area contributed by atoms with E-state index in [9.17, 15) is 9.90 Å². The van der Waals surface area contributed by atoms with Crippen LogP contribution in [-0.2, 0) is 4.74 Å². The Morgan fingerprint density at radius 1 is 1.13 bits per heavy atom. The van der Waals surface area contributed by atoms with Gasteiger partial charge in [-0.15, -0.1) is 0 Å². The van der Waals surface area contributed by atoms with E-state index in [1.807, 2.05) is 18.2 Å². The first-order valence-corrected chi connectivity index (χ1v) is 9.70. The molecule has 4 aromatic rings. The molecule has 0 aliphatic carbocycles. The van der Waals surface area contributed by atoms with Crippen molar-refractivity contribution in [2.45, 2.75) is 0 Å². The summed E-state index contributed by atoms with van der Waals surface area (Å²) in [7, 11) is 3.15. The van der Waals surface area contributed by atoms with Gasteiger partial charge in [0, 0.05) is 31.0 Å². The number of methoxy groups -OCH3 is 2. The number of pyridine rings is 1. The molecule has 0 unspecified atom stereocenters. The van der Waals surface area contributed by atoms with Gasteiger partial charge < -0.3 is 24.9 Å². The molecule has 4 rings (SSSR count). The number of benzene rings is 2. The van der Waals surface area contributed by atoms with Crippen LogP contribution in [0.15, 0.2) is 54.7 Å². The van der Waals surface area contributed by atoms with E-state index >= 15 is 0 Å². The minimum Gasteiger partial charge on any atom is -0.507 e. The number of nitrogens with one attached hydrogen (secondary N) is 2. The van der Waals surface area contributed by atoms with Crippen molar-refractivity contribution >= 4 is 16.9 Å². The number of phenols is 1. The molecule has 8 nitrogen and oxygen atoms in total. The monoisotopic (exact) mass is 418 g/mol. The number of aromatic nitrogens is 3. The maximum atomic E-state index is 12.3. The van der Waals surface area contributed by atoms with Crippen molar-refractivity contribution in [3.63, 3.8) is 0 Å². The van der Waals surface area contributed by atoms with Gasteiger partial charge in [-0.1, -0.05) is 6.07 Å². The molecule has 2 heterocycles. The van der Waals surface area contributed by atoms with E-state index in [4.69, 9.17) is 9.47 Å². The average molecular weight is 418 g/mol. The Bertz CT molecular complexity index is 1240.